The fourth-order valence-corrected chi connectivity index (χ4v) is 3.24. The number of nitrogens with one attached hydrogen (secondary N) is 2. The van der Waals surface area contributed by atoms with Crippen LogP contribution in [0.3, 0.4) is 0 Å². The van der Waals surface area contributed by atoms with Crippen LogP contribution in [0.2, 0.25) is 5.02 Å². The predicted molar refractivity (Wildman–Crippen MR) is 115 cm³/mol. The van der Waals surface area contributed by atoms with E-state index in [0.29, 0.717) is 29.0 Å². The van der Waals surface area contributed by atoms with Crippen LogP contribution in [0.1, 0.15) is 5.56 Å². The Bertz CT molecular complexity index is 1100. The van der Waals surface area contributed by atoms with Crippen molar-refractivity contribution in [1.82, 2.24) is 9.97 Å². The van der Waals surface area contributed by atoms with Gasteiger partial charge in [0.2, 0.25) is 5.95 Å². The lowest BCUT2D eigenvalue weighted by Gasteiger charge is -2.14. The van der Waals surface area contributed by atoms with Crippen molar-refractivity contribution in [3.05, 3.63) is 83.4 Å². The third kappa shape index (κ3) is 3.85. The molecule has 0 amide bonds. The Labute approximate surface area is 168 Å². The number of halogens is 1. The van der Waals surface area contributed by atoms with Gasteiger partial charge in [0.25, 0.3) is 0 Å². The molecule has 4 rings (SSSR count). The first-order valence-corrected chi connectivity index (χ1v) is 9.26. The molecule has 0 bridgehead atoms. The van der Waals surface area contributed by atoms with Crippen molar-refractivity contribution in [2.24, 2.45) is 0 Å². The average Bonchev–Trinajstić information content (AvgIpc) is 2.73. The molecule has 3 aromatic carbocycles. The van der Waals surface area contributed by atoms with Gasteiger partial charge in [0.05, 0.1) is 23.3 Å². The molecule has 0 atom stereocenters. The summed E-state index contributed by atoms with van der Waals surface area (Å²) < 4.78 is 5.41. The van der Waals surface area contributed by atoms with Gasteiger partial charge < -0.3 is 15.4 Å². The number of hydrogen-bond acceptors (Lipinski definition) is 5. The summed E-state index contributed by atoms with van der Waals surface area (Å²) >= 11 is 6.22. The van der Waals surface area contributed by atoms with E-state index in [1.807, 2.05) is 54.6 Å². The van der Waals surface area contributed by atoms with Crippen molar-refractivity contribution in [3.63, 3.8) is 0 Å². The second-order valence-corrected chi connectivity index (χ2v) is 6.60. The van der Waals surface area contributed by atoms with Gasteiger partial charge in [0.1, 0.15) is 5.82 Å². The molecule has 1 heterocycles. The third-order valence-electron chi connectivity index (χ3n) is 4.32. The molecule has 140 valence electrons. The zero-order chi connectivity index (χ0) is 19.3. The number of hydrogen-bond donors (Lipinski definition) is 2. The predicted octanol–water partition coefficient (Wildman–Crippen LogP) is 5.65. The summed E-state index contributed by atoms with van der Waals surface area (Å²) in [6, 6.07) is 23.6. The Balaban J connectivity index is 1.69. The highest BCUT2D eigenvalue weighted by Crippen LogP contribution is 2.34. The maximum Gasteiger partial charge on any atom is 0.229 e. The van der Waals surface area contributed by atoms with Crippen molar-refractivity contribution in [2.45, 2.75) is 6.54 Å². The molecule has 0 aliphatic heterocycles. The van der Waals surface area contributed by atoms with Crippen molar-refractivity contribution in [2.75, 3.05) is 17.7 Å². The zero-order valence-electron chi connectivity index (χ0n) is 15.3. The highest BCUT2D eigenvalue weighted by molar-refractivity contribution is 6.32. The van der Waals surface area contributed by atoms with E-state index < -0.39 is 0 Å². The van der Waals surface area contributed by atoms with Gasteiger partial charge >= 0.3 is 0 Å². The van der Waals surface area contributed by atoms with Crippen LogP contribution in [0.4, 0.5) is 17.5 Å². The third-order valence-corrected chi connectivity index (χ3v) is 4.62. The quantitative estimate of drug-likeness (QED) is 0.445. The Kier molecular flexibility index (Phi) is 5.26. The van der Waals surface area contributed by atoms with Gasteiger partial charge in [-0.25, -0.2) is 4.98 Å². The molecule has 0 spiro atoms. The smallest absolute Gasteiger partial charge is 0.229 e. The number of para-hydroxylation sites is 2. The Hall–Kier alpha value is -3.31. The molecule has 0 saturated carbocycles. The average molecular weight is 391 g/mol. The summed E-state index contributed by atoms with van der Waals surface area (Å²) in [6.07, 6.45) is 0. The van der Waals surface area contributed by atoms with E-state index in [4.69, 9.17) is 16.3 Å². The maximum atomic E-state index is 6.22. The van der Waals surface area contributed by atoms with E-state index in [1.165, 1.54) is 5.56 Å². The van der Waals surface area contributed by atoms with Crippen LogP contribution in [0, 0.1) is 0 Å². The summed E-state index contributed by atoms with van der Waals surface area (Å²) in [7, 11) is 1.58. The van der Waals surface area contributed by atoms with E-state index in [9.17, 15) is 0 Å². The second-order valence-electron chi connectivity index (χ2n) is 6.20. The highest BCUT2D eigenvalue weighted by atomic mass is 35.5. The number of methoxy groups -OCH3 is 1. The van der Waals surface area contributed by atoms with Crippen LogP contribution in [0.25, 0.3) is 10.9 Å². The van der Waals surface area contributed by atoms with E-state index in [1.54, 1.807) is 13.2 Å². The monoisotopic (exact) mass is 390 g/mol. The van der Waals surface area contributed by atoms with Gasteiger partial charge in [0, 0.05) is 11.9 Å². The topological polar surface area (TPSA) is 59.1 Å². The largest absolute Gasteiger partial charge is 0.493 e. The number of nitrogens with zero attached hydrogens (tertiary/aromatic N) is 2. The fraction of sp³-hybridized carbons (Fsp3) is 0.0909. The van der Waals surface area contributed by atoms with Crippen LogP contribution >= 0.6 is 11.6 Å². The van der Waals surface area contributed by atoms with Crippen molar-refractivity contribution >= 4 is 40.0 Å². The molecule has 0 aliphatic carbocycles. The minimum Gasteiger partial charge on any atom is -0.493 e. The van der Waals surface area contributed by atoms with E-state index >= 15 is 0 Å². The molecule has 0 fully saturated rings. The Morgan fingerprint density at radius 3 is 2.50 bits per heavy atom. The molecule has 4 aromatic rings. The van der Waals surface area contributed by atoms with Gasteiger partial charge in [-0.2, -0.15) is 4.98 Å². The highest BCUT2D eigenvalue weighted by Gasteiger charge is 2.11. The molecule has 0 unspecified atom stereocenters. The minimum atomic E-state index is 0.467. The van der Waals surface area contributed by atoms with Crippen LogP contribution in [-0.2, 0) is 6.54 Å². The molecule has 2 N–H and O–H groups in total. The molecular weight excluding hydrogens is 372 g/mol. The first-order chi connectivity index (χ1) is 13.7. The van der Waals surface area contributed by atoms with E-state index in [0.717, 1.165) is 16.7 Å². The van der Waals surface area contributed by atoms with Crippen molar-refractivity contribution in [1.29, 1.82) is 0 Å². The molecule has 0 aliphatic rings. The summed E-state index contributed by atoms with van der Waals surface area (Å²) in [6.45, 7) is 0.668. The van der Waals surface area contributed by atoms with Gasteiger partial charge in [-0.05, 0) is 29.8 Å². The summed E-state index contributed by atoms with van der Waals surface area (Å²) in [5, 5.41) is 8.13. The number of benzene rings is 3. The molecule has 28 heavy (non-hydrogen) atoms. The lowest BCUT2D eigenvalue weighted by Crippen LogP contribution is -2.06. The Morgan fingerprint density at radius 2 is 1.68 bits per heavy atom. The van der Waals surface area contributed by atoms with E-state index in [2.05, 4.69) is 32.7 Å². The number of anilines is 3. The zero-order valence-corrected chi connectivity index (χ0v) is 16.1. The first-order valence-electron chi connectivity index (χ1n) is 8.88. The standard InChI is InChI=1S/C22H19ClN4O/c1-28-20-17(23)11-7-13-19(20)26-22-25-18-12-6-5-10-16(18)21(27-22)24-14-15-8-3-2-4-9-15/h2-13H,14H2,1H3,(H2,24,25,26,27). The van der Waals surface area contributed by atoms with Crippen molar-refractivity contribution in [3.8, 4) is 5.75 Å². The lowest BCUT2D eigenvalue weighted by molar-refractivity contribution is 0.417. The van der Waals surface area contributed by atoms with Gasteiger partial charge in [-0.1, -0.05) is 60.1 Å². The second kappa shape index (κ2) is 8.15. The SMILES string of the molecule is COc1c(Cl)cccc1Nc1nc(NCc2ccccc2)c2ccccc2n1. The molecule has 6 heteroatoms. The molecule has 0 saturated heterocycles. The maximum absolute atomic E-state index is 6.22. The molecule has 0 radical (unpaired) electrons. The molecular formula is C22H19ClN4O. The summed E-state index contributed by atoms with van der Waals surface area (Å²) in [5.74, 6) is 1.78. The number of rotatable bonds is 6. The molecule has 1 aromatic heterocycles. The minimum absolute atomic E-state index is 0.467. The Morgan fingerprint density at radius 1 is 0.893 bits per heavy atom. The first kappa shape index (κ1) is 18.1. The van der Waals surface area contributed by atoms with E-state index in [-0.39, 0.29) is 0 Å². The van der Waals surface area contributed by atoms with Crippen LogP contribution in [0.5, 0.6) is 5.75 Å². The summed E-state index contributed by atoms with van der Waals surface area (Å²) in [4.78, 5) is 9.31. The lowest BCUT2D eigenvalue weighted by atomic mass is 10.2. The van der Waals surface area contributed by atoms with Gasteiger partial charge in [-0.3, -0.25) is 0 Å². The number of ether oxygens (including phenoxy) is 1. The van der Waals surface area contributed by atoms with Crippen LogP contribution in [0.15, 0.2) is 72.8 Å². The fourth-order valence-electron chi connectivity index (χ4n) is 2.98. The molecule has 5 nitrogen and oxygen atoms in total. The number of fused-ring (bicyclic) bond motifs is 1. The summed E-state index contributed by atoms with van der Waals surface area (Å²) in [5.41, 5.74) is 2.73. The van der Waals surface area contributed by atoms with Gasteiger partial charge in [0.15, 0.2) is 5.75 Å². The van der Waals surface area contributed by atoms with Crippen molar-refractivity contribution < 1.29 is 4.74 Å². The normalized spacial score (nSPS) is 10.6. The number of aromatic nitrogens is 2. The van der Waals surface area contributed by atoms with Gasteiger partial charge in [-0.15, -0.1) is 0 Å². The van der Waals surface area contributed by atoms with Crippen LogP contribution < -0.4 is 15.4 Å². The van der Waals surface area contributed by atoms with Crippen LogP contribution in [-0.4, -0.2) is 17.1 Å².